The summed E-state index contributed by atoms with van der Waals surface area (Å²) < 4.78 is 0. The third-order valence-electron chi connectivity index (χ3n) is 4.51. The molecule has 1 aliphatic rings. The molecule has 1 aromatic rings. The predicted molar refractivity (Wildman–Crippen MR) is 90.1 cm³/mol. The summed E-state index contributed by atoms with van der Waals surface area (Å²) in [6.07, 6.45) is 6.93. The number of nitrogens with one attached hydrogen (secondary N) is 1. The third-order valence-corrected chi connectivity index (χ3v) is 4.51. The van der Waals surface area contributed by atoms with Crippen molar-refractivity contribution < 1.29 is 0 Å². The summed E-state index contributed by atoms with van der Waals surface area (Å²) in [6, 6.07) is 0. The van der Waals surface area contributed by atoms with Gasteiger partial charge in [-0.2, -0.15) is 0 Å². The first kappa shape index (κ1) is 16.1. The Bertz CT molecular complexity index is 444. The first-order valence-corrected chi connectivity index (χ1v) is 8.51. The number of hydrogen-bond donors (Lipinski definition) is 1. The highest BCUT2D eigenvalue weighted by Crippen LogP contribution is 2.32. The van der Waals surface area contributed by atoms with Crippen LogP contribution in [0.1, 0.15) is 64.9 Å². The van der Waals surface area contributed by atoms with Crippen LogP contribution in [0.25, 0.3) is 0 Å². The molecule has 0 aromatic carbocycles. The van der Waals surface area contributed by atoms with Crippen molar-refractivity contribution in [1.82, 2.24) is 9.97 Å². The molecule has 2 rings (SSSR count). The minimum Gasteiger partial charge on any atom is -0.370 e. The topological polar surface area (TPSA) is 41.1 Å². The van der Waals surface area contributed by atoms with Gasteiger partial charge in [-0.1, -0.05) is 27.2 Å². The normalized spacial score (nSPS) is 19.7. The zero-order valence-electron chi connectivity index (χ0n) is 14.0. The van der Waals surface area contributed by atoms with E-state index in [1.54, 1.807) is 6.33 Å². The minimum atomic E-state index is 0.431. The highest BCUT2D eigenvalue weighted by atomic mass is 15.2. The number of rotatable bonds is 5. The van der Waals surface area contributed by atoms with Crippen LogP contribution in [0.15, 0.2) is 6.33 Å². The van der Waals surface area contributed by atoms with Crippen molar-refractivity contribution in [2.45, 2.75) is 59.3 Å². The lowest BCUT2D eigenvalue weighted by Crippen LogP contribution is -2.27. The standard InChI is InChI=1S/C17H30N4/c1-5-14-8-7-10-21(11-9-14)17-15(13(3)4)16(18-6-2)19-12-20-17/h12-14H,5-11H2,1-4H3,(H,18,19,20). The van der Waals surface area contributed by atoms with Crippen LogP contribution in [-0.4, -0.2) is 29.6 Å². The van der Waals surface area contributed by atoms with Gasteiger partial charge in [0, 0.05) is 25.2 Å². The van der Waals surface area contributed by atoms with E-state index in [0.29, 0.717) is 5.92 Å². The van der Waals surface area contributed by atoms with E-state index >= 15 is 0 Å². The monoisotopic (exact) mass is 290 g/mol. The molecule has 4 heteroatoms. The second-order valence-corrected chi connectivity index (χ2v) is 6.34. The highest BCUT2D eigenvalue weighted by molar-refractivity contribution is 5.60. The van der Waals surface area contributed by atoms with Crippen LogP contribution in [0.3, 0.4) is 0 Å². The lowest BCUT2D eigenvalue weighted by atomic mass is 9.98. The average molecular weight is 290 g/mol. The molecule has 1 fully saturated rings. The van der Waals surface area contributed by atoms with E-state index in [1.807, 2.05) is 0 Å². The Morgan fingerprint density at radius 2 is 2.05 bits per heavy atom. The van der Waals surface area contributed by atoms with Crippen LogP contribution in [-0.2, 0) is 0 Å². The fraction of sp³-hybridized carbons (Fsp3) is 0.765. The van der Waals surface area contributed by atoms with Gasteiger partial charge in [-0.25, -0.2) is 9.97 Å². The van der Waals surface area contributed by atoms with Gasteiger partial charge in [-0.05, 0) is 38.0 Å². The van der Waals surface area contributed by atoms with Crippen LogP contribution in [0.5, 0.6) is 0 Å². The second kappa shape index (κ2) is 7.62. The molecule has 2 heterocycles. The lowest BCUT2D eigenvalue weighted by molar-refractivity contribution is 0.459. The highest BCUT2D eigenvalue weighted by Gasteiger charge is 2.22. The molecule has 0 bridgehead atoms. The van der Waals surface area contributed by atoms with Gasteiger partial charge in [0.2, 0.25) is 0 Å². The summed E-state index contributed by atoms with van der Waals surface area (Å²) in [4.78, 5) is 11.6. The van der Waals surface area contributed by atoms with Crippen molar-refractivity contribution in [3.8, 4) is 0 Å². The SMILES string of the molecule is CCNc1ncnc(N2CCCC(CC)CC2)c1C(C)C. The Morgan fingerprint density at radius 1 is 1.24 bits per heavy atom. The molecule has 1 aliphatic heterocycles. The summed E-state index contributed by atoms with van der Waals surface area (Å²) in [6.45, 7) is 12.0. The first-order valence-electron chi connectivity index (χ1n) is 8.51. The summed E-state index contributed by atoms with van der Waals surface area (Å²) >= 11 is 0. The summed E-state index contributed by atoms with van der Waals surface area (Å²) in [5.41, 5.74) is 1.27. The van der Waals surface area contributed by atoms with Gasteiger partial charge >= 0.3 is 0 Å². The quantitative estimate of drug-likeness (QED) is 0.888. The molecule has 4 nitrogen and oxygen atoms in total. The molecule has 0 radical (unpaired) electrons. The van der Waals surface area contributed by atoms with Gasteiger partial charge < -0.3 is 10.2 Å². The Hall–Kier alpha value is -1.32. The van der Waals surface area contributed by atoms with Crippen LogP contribution < -0.4 is 10.2 Å². The van der Waals surface area contributed by atoms with Crippen LogP contribution in [0.4, 0.5) is 11.6 Å². The third kappa shape index (κ3) is 3.86. The number of aromatic nitrogens is 2. The Kier molecular flexibility index (Phi) is 5.83. The van der Waals surface area contributed by atoms with E-state index in [0.717, 1.165) is 37.2 Å². The molecular weight excluding hydrogens is 260 g/mol. The molecule has 0 aliphatic carbocycles. The van der Waals surface area contributed by atoms with Crippen molar-refractivity contribution in [2.75, 3.05) is 29.9 Å². The van der Waals surface area contributed by atoms with E-state index in [1.165, 1.54) is 31.2 Å². The molecule has 1 saturated heterocycles. The molecule has 1 N–H and O–H groups in total. The zero-order chi connectivity index (χ0) is 15.2. The van der Waals surface area contributed by atoms with Crippen molar-refractivity contribution in [3.05, 3.63) is 11.9 Å². The Balaban J connectivity index is 2.27. The van der Waals surface area contributed by atoms with E-state index in [9.17, 15) is 0 Å². The fourth-order valence-corrected chi connectivity index (χ4v) is 3.26. The van der Waals surface area contributed by atoms with Crippen molar-refractivity contribution in [2.24, 2.45) is 5.92 Å². The number of hydrogen-bond acceptors (Lipinski definition) is 4. The van der Waals surface area contributed by atoms with Crippen LogP contribution >= 0.6 is 0 Å². The maximum Gasteiger partial charge on any atom is 0.137 e. The van der Waals surface area contributed by atoms with Crippen molar-refractivity contribution >= 4 is 11.6 Å². The molecular formula is C17H30N4. The number of nitrogens with zero attached hydrogens (tertiary/aromatic N) is 3. The van der Waals surface area contributed by atoms with Gasteiger partial charge in [-0.15, -0.1) is 0 Å². The van der Waals surface area contributed by atoms with Gasteiger partial charge in [0.05, 0.1) is 0 Å². The summed E-state index contributed by atoms with van der Waals surface area (Å²) in [5.74, 6) is 3.47. The van der Waals surface area contributed by atoms with E-state index in [4.69, 9.17) is 0 Å². The van der Waals surface area contributed by atoms with Crippen molar-refractivity contribution in [1.29, 1.82) is 0 Å². The Labute approximate surface area is 129 Å². The average Bonchev–Trinajstić information content (AvgIpc) is 2.72. The lowest BCUT2D eigenvalue weighted by Gasteiger charge is -2.26. The van der Waals surface area contributed by atoms with Gasteiger partial charge in [0.1, 0.15) is 18.0 Å². The maximum atomic E-state index is 4.63. The van der Waals surface area contributed by atoms with Gasteiger partial charge in [-0.3, -0.25) is 0 Å². The molecule has 1 unspecified atom stereocenters. The summed E-state index contributed by atoms with van der Waals surface area (Å²) in [5, 5.41) is 3.39. The van der Waals surface area contributed by atoms with E-state index < -0.39 is 0 Å². The molecule has 0 amide bonds. The Morgan fingerprint density at radius 3 is 2.71 bits per heavy atom. The fourth-order valence-electron chi connectivity index (χ4n) is 3.26. The van der Waals surface area contributed by atoms with Crippen molar-refractivity contribution in [3.63, 3.8) is 0 Å². The molecule has 1 aromatic heterocycles. The van der Waals surface area contributed by atoms with Crippen LogP contribution in [0.2, 0.25) is 0 Å². The molecule has 0 saturated carbocycles. The van der Waals surface area contributed by atoms with Gasteiger partial charge in [0.15, 0.2) is 0 Å². The zero-order valence-corrected chi connectivity index (χ0v) is 14.0. The van der Waals surface area contributed by atoms with E-state index in [-0.39, 0.29) is 0 Å². The van der Waals surface area contributed by atoms with Crippen LogP contribution in [0, 0.1) is 5.92 Å². The van der Waals surface area contributed by atoms with Gasteiger partial charge in [0.25, 0.3) is 0 Å². The van der Waals surface area contributed by atoms with E-state index in [2.05, 4.69) is 47.9 Å². The first-order chi connectivity index (χ1) is 10.2. The molecule has 0 spiro atoms. The number of anilines is 2. The predicted octanol–water partition coefficient (Wildman–Crippen LogP) is 4.05. The molecule has 1 atom stereocenters. The minimum absolute atomic E-state index is 0.431. The maximum absolute atomic E-state index is 4.63. The largest absolute Gasteiger partial charge is 0.370 e. The molecule has 118 valence electrons. The molecule has 21 heavy (non-hydrogen) atoms. The smallest absolute Gasteiger partial charge is 0.137 e. The second-order valence-electron chi connectivity index (χ2n) is 6.34. The summed E-state index contributed by atoms with van der Waals surface area (Å²) in [7, 11) is 0.